The highest BCUT2D eigenvalue weighted by molar-refractivity contribution is 7.71. The predicted octanol–water partition coefficient (Wildman–Crippen LogP) is 4.65. The van der Waals surface area contributed by atoms with Crippen LogP contribution in [-0.4, -0.2) is 25.7 Å². The van der Waals surface area contributed by atoms with Crippen LogP contribution in [0.1, 0.15) is 26.5 Å². The van der Waals surface area contributed by atoms with Crippen molar-refractivity contribution < 1.29 is 4.79 Å². The van der Waals surface area contributed by atoms with Crippen molar-refractivity contribution in [2.75, 3.05) is 5.32 Å². The second-order valence-corrected chi connectivity index (χ2v) is 8.46. The summed E-state index contributed by atoms with van der Waals surface area (Å²) < 4.78 is 2.02. The third-order valence-electron chi connectivity index (χ3n) is 3.68. The predicted molar refractivity (Wildman–Crippen MR) is 107 cm³/mol. The Hall–Kier alpha value is -2.03. The van der Waals surface area contributed by atoms with Gasteiger partial charge < -0.3 is 5.32 Å². The lowest BCUT2D eigenvalue weighted by Crippen LogP contribution is -2.20. The zero-order valence-corrected chi connectivity index (χ0v) is 16.9. The van der Waals surface area contributed by atoms with Crippen LogP contribution in [0.5, 0.6) is 0 Å². The van der Waals surface area contributed by atoms with Crippen molar-refractivity contribution in [2.24, 2.45) is 0 Å². The van der Waals surface area contributed by atoms with E-state index >= 15 is 0 Å². The van der Waals surface area contributed by atoms with Crippen LogP contribution < -0.4 is 5.32 Å². The summed E-state index contributed by atoms with van der Waals surface area (Å²) in [4.78, 5) is 16.9. The van der Waals surface area contributed by atoms with Crippen molar-refractivity contribution in [1.29, 1.82) is 0 Å². The highest BCUT2D eigenvalue weighted by Crippen LogP contribution is 2.26. The van der Waals surface area contributed by atoms with Gasteiger partial charge in [-0.2, -0.15) is 5.10 Å². The molecule has 0 spiro atoms. The number of amides is 1. The van der Waals surface area contributed by atoms with Crippen LogP contribution in [0.25, 0.3) is 11.4 Å². The molecule has 0 saturated carbocycles. The lowest BCUT2D eigenvalue weighted by Gasteiger charge is -2.14. The van der Waals surface area contributed by atoms with Gasteiger partial charge in [-0.3, -0.25) is 14.5 Å². The van der Waals surface area contributed by atoms with E-state index in [4.69, 9.17) is 23.8 Å². The molecule has 0 aliphatic heterocycles. The number of hydrogen-bond donors (Lipinski definition) is 2. The van der Waals surface area contributed by atoms with Gasteiger partial charge in [0.2, 0.25) is 5.91 Å². The number of anilines is 1. The van der Waals surface area contributed by atoms with Crippen molar-refractivity contribution in [1.82, 2.24) is 19.7 Å². The fourth-order valence-corrected chi connectivity index (χ4v) is 3.54. The van der Waals surface area contributed by atoms with Crippen LogP contribution in [-0.2, 0) is 16.8 Å². The van der Waals surface area contributed by atoms with Gasteiger partial charge in [0, 0.05) is 21.4 Å². The van der Waals surface area contributed by atoms with Crippen LogP contribution in [0, 0.1) is 4.77 Å². The first-order chi connectivity index (χ1) is 12.2. The number of H-pyrrole nitrogens is 1. The van der Waals surface area contributed by atoms with E-state index in [0.717, 1.165) is 11.3 Å². The minimum absolute atomic E-state index is 0.0394. The Labute approximate surface area is 165 Å². The summed E-state index contributed by atoms with van der Waals surface area (Å²) in [5, 5.41) is 12.9. The Balaban J connectivity index is 1.78. The van der Waals surface area contributed by atoms with Crippen molar-refractivity contribution in [3.8, 4) is 11.4 Å². The van der Waals surface area contributed by atoms with Crippen LogP contribution in [0.15, 0.2) is 29.6 Å². The number of nitrogens with zero attached hydrogens (tertiary/aromatic N) is 3. The van der Waals surface area contributed by atoms with Gasteiger partial charge in [-0.25, -0.2) is 4.98 Å². The Morgan fingerprint density at radius 1 is 1.35 bits per heavy atom. The van der Waals surface area contributed by atoms with Gasteiger partial charge in [0.15, 0.2) is 15.7 Å². The number of carbonyl (C=O) groups is 1. The minimum atomic E-state index is -0.215. The lowest BCUT2D eigenvalue weighted by molar-refractivity contribution is -0.116. The minimum Gasteiger partial charge on any atom is -0.300 e. The van der Waals surface area contributed by atoms with Gasteiger partial charge in [-0.05, 0) is 36.5 Å². The normalized spacial score (nSPS) is 11.5. The fourth-order valence-electron chi connectivity index (χ4n) is 2.26. The molecule has 0 aliphatic carbocycles. The molecule has 136 valence electrons. The van der Waals surface area contributed by atoms with Gasteiger partial charge in [-0.15, -0.1) is 11.3 Å². The maximum Gasteiger partial charge on any atom is 0.246 e. The van der Waals surface area contributed by atoms with Crippen LogP contribution in [0.3, 0.4) is 0 Å². The quantitative estimate of drug-likeness (QED) is 0.617. The molecule has 0 atom stereocenters. The molecular formula is C17H18ClN5OS2. The summed E-state index contributed by atoms with van der Waals surface area (Å²) in [5.41, 5.74) is 1.70. The Morgan fingerprint density at radius 2 is 2.04 bits per heavy atom. The number of benzene rings is 1. The summed E-state index contributed by atoms with van der Waals surface area (Å²) in [5.74, 6) is 0.365. The Morgan fingerprint density at radius 3 is 2.65 bits per heavy atom. The molecule has 0 fully saturated rings. The van der Waals surface area contributed by atoms with Crippen molar-refractivity contribution in [3.05, 3.63) is 45.1 Å². The number of hydrogen-bond acceptors (Lipinski definition) is 5. The SMILES string of the molecule is CC(C)(C)c1csc(NC(=O)Cn2c(-c3ccc(Cl)cc3)n[nH]c2=S)n1. The van der Waals surface area contributed by atoms with Crippen molar-refractivity contribution in [2.45, 2.75) is 32.7 Å². The molecule has 2 aromatic heterocycles. The summed E-state index contributed by atoms with van der Waals surface area (Å²) in [7, 11) is 0. The molecule has 1 aromatic carbocycles. The van der Waals surface area contributed by atoms with E-state index in [-0.39, 0.29) is 17.9 Å². The fraction of sp³-hybridized carbons (Fsp3) is 0.294. The van der Waals surface area contributed by atoms with E-state index < -0.39 is 0 Å². The molecule has 26 heavy (non-hydrogen) atoms. The van der Waals surface area contributed by atoms with Crippen molar-refractivity contribution in [3.63, 3.8) is 0 Å². The molecular weight excluding hydrogens is 390 g/mol. The molecule has 3 aromatic rings. The third-order valence-corrected chi connectivity index (χ3v) is 5.00. The molecule has 0 saturated heterocycles. The topological polar surface area (TPSA) is 75.6 Å². The molecule has 2 heterocycles. The smallest absolute Gasteiger partial charge is 0.246 e. The average molecular weight is 408 g/mol. The number of aromatic nitrogens is 4. The largest absolute Gasteiger partial charge is 0.300 e. The van der Waals surface area contributed by atoms with E-state index in [1.807, 2.05) is 17.5 Å². The Bertz CT molecular complexity index is 982. The molecule has 0 radical (unpaired) electrons. The van der Waals surface area contributed by atoms with Gasteiger partial charge in [0.05, 0.1) is 5.69 Å². The van der Waals surface area contributed by atoms with E-state index in [0.29, 0.717) is 20.7 Å². The summed E-state index contributed by atoms with van der Waals surface area (Å²) in [6.07, 6.45) is 0. The van der Waals surface area contributed by atoms with E-state index in [9.17, 15) is 4.79 Å². The third kappa shape index (κ3) is 4.20. The molecule has 9 heteroatoms. The molecule has 0 bridgehead atoms. The zero-order chi connectivity index (χ0) is 18.9. The van der Waals surface area contributed by atoms with Gasteiger partial charge in [-0.1, -0.05) is 32.4 Å². The molecule has 2 N–H and O–H groups in total. The van der Waals surface area contributed by atoms with Crippen LogP contribution in [0.2, 0.25) is 5.02 Å². The summed E-state index contributed by atoms with van der Waals surface area (Å²) in [6, 6.07) is 7.20. The monoisotopic (exact) mass is 407 g/mol. The maximum absolute atomic E-state index is 12.5. The van der Waals surface area contributed by atoms with Gasteiger partial charge >= 0.3 is 0 Å². The summed E-state index contributed by atoms with van der Waals surface area (Å²) in [6.45, 7) is 6.28. The Kier molecular flexibility index (Phi) is 5.27. The van der Waals surface area contributed by atoms with Crippen molar-refractivity contribution >= 4 is 46.2 Å². The second-order valence-electron chi connectivity index (χ2n) is 6.78. The zero-order valence-electron chi connectivity index (χ0n) is 14.5. The maximum atomic E-state index is 12.5. The number of carbonyl (C=O) groups excluding carboxylic acids is 1. The highest BCUT2D eigenvalue weighted by Gasteiger charge is 2.19. The van der Waals surface area contributed by atoms with Crippen LogP contribution >= 0.6 is 35.2 Å². The summed E-state index contributed by atoms with van der Waals surface area (Å²) >= 11 is 12.6. The molecule has 3 rings (SSSR count). The van der Waals surface area contributed by atoms with E-state index in [1.165, 1.54) is 11.3 Å². The molecule has 1 amide bonds. The highest BCUT2D eigenvalue weighted by atomic mass is 35.5. The second kappa shape index (κ2) is 7.30. The van der Waals surface area contributed by atoms with Crippen LogP contribution in [0.4, 0.5) is 5.13 Å². The number of nitrogens with one attached hydrogen (secondary N) is 2. The first-order valence-electron chi connectivity index (χ1n) is 7.91. The van der Waals surface area contributed by atoms with E-state index in [1.54, 1.807) is 16.7 Å². The number of rotatable bonds is 4. The first-order valence-corrected chi connectivity index (χ1v) is 9.57. The molecule has 0 aliphatic rings. The average Bonchev–Trinajstić information content (AvgIpc) is 3.16. The van der Waals surface area contributed by atoms with Gasteiger partial charge in [0.25, 0.3) is 0 Å². The van der Waals surface area contributed by atoms with Gasteiger partial charge in [0.1, 0.15) is 6.54 Å². The number of thiazole rings is 1. The molecule has 0 unspecified atom stereocenters. The molecule has 6 nitrogen and oxygen atoms in total. The standard InChI is InChI=1S/C17H18ClN5OS2/c1-17(2,3)12-9-26-15(19-12)20-13(24)8-23-14(21-22-16(23)25)10-4-6-11(18)7-5-10/h4-7,9H,8H2,1-3H3,(H,22,25)(H,19,20,24). The number of halogens is 1. The number of aromatic amines is 1. The first kappa shape index (κ1) is 18.8. The van der Waals surface area contributed by atoms with E-state index in [2.05, 4.69) is 41.3 Å². The lowest BCUT2D eigenvalue weighted by atomic mass is 9.93.